The molecule has 2 aliphatic heterocycles. The molecule has 20 heavy (non-hydrogen) atoms. The summed E-state index contributed by atoms with van der Waals surface area (Å²) >= 11 is 9.06. The molecule has 5 nitrogen and oxygen atoms in total. The quantitative estimate of drug-likeness (QED) is 0.720. The number of aromatic nitrogens is 2. The van der Waals surface area contributed by atoms with E-state index in [0.29, 0.717) is 11.1 Å². The third kappa shape index (κ3) is 2.66. The van der Waals surface area contributed by atoms with Gasteiger partial charge in [-0.05, 0) is 41.6 Å². The van der Waals surface area contributed by atoms with Crippen LogP contribution in [0.3, 0.4) is 0 Å². The lowest BCUT2D eigenvalue weighted by Gasteiger charge is -2.43. The summed E-state index contributed by atoms with van der Waals surface area (Å²) in [4.78, 5) is 16.4. The molecule has 0 N–H and O–H groups in total. The Morgan fingerprint density at radius 3 is 2.90 bits per heavy atom. The highest BCUT2D eigenvalue weighted by Gasteiger charge is 2.39. The molecule has 110 valence electrons. The minimum Gasteiger partial charge on any atom is -0.381 e. The van der Waals surface area contributed by atoms with Gasteiger partial charge in [-0.25, -0.2) is 4.98 Å². The first-order valence-electron chi connectivity index (χ1n) is 6.75. The van der Waals surface area contributed by atoms with Crippen LogP contribution >= 0.6 is 27.5 Å². The molecule has 3 rings (SSSR count). The maximum absolute atomic E-state index is 12.3. The van der Waals surface area contributed by atoms with Crippen LogP contribution in [0.4, 0.5) is 0 Å². The first-order valence-corrected chi connectivity index (χ1v) is 7.92. The predicted molar refractivity (Wildman–Crippen MR) is 78.2 cm³/mol. The molecule has 1 aromatic rings. The average molecular weight is 364 g/mol. The number of ether oxygens (including phenoxy) is 2. The van der Waals surface area contributed by atoms with Gasteiger partial charge in [-0.3, -0.25) is 9.36 Å². The minimum atomic E-state index is -0.146. The van der Waals surface area contributed by atoms with Crippen molar-refractivity contribution >= 4 is 27.5 Å². The zero-order chi connectivity index (χ0) is 14.2. The van der Waals surface area contributed by atoms with Crippen LogP contribution in [0.25, 0.3) is 0 Å². The van der Waals surface area contributed by atoms with Crippen LogP contribution in [0, 0.1) is 0 Å². The van der Waals surface area contributed by atoms with Gasteiger partial charge >= 0.3 is 0 Å². The molecule has 1 spiro atoms. The molecule has 0 aromatic carbocycles. The third-order valence-corrected chi connectivity index (χ3v) is 5.39. The summed E-state index contributed by atoms with van der Waals surface area (Å²) in [5.74, 6) is 0. The number of rotatable bonds is 1. The zero-order valence-electron chi connectivity index (χ0n) is 11.0. The van der Waals surface area contributed by atoms with Gasteiger partial charge in [-0.1, -0.05) is 11.6 Å². The predicted octanol–water partition coefficient (Wildman–Crippen LogP) is 2.56. The van der Waals surface area contributed by atoms with Gasteiger partial charge < -0.3 is 9.47 Å². The van der Waals surface area contributed by atoms with E-state index in [2.05, 4.69) is 20.9 Å². The maximum atomic E-state index is 12.3. The molecule has 0 saturated carbocycles. The van der Waals surface area contributed by atoms with Crippen LogP contribution in [0.15, 0.2) is 15.6 Å². The Morgan fingerprint density at radius 1 is 1.40 bits per heavy atom. The second-order valence-corrected chi connectivity index (χ2v) is 6.50. The molecule has 1 aromatic heterocycles. The number of nitrogens with zero attached hydrogens (tertiary/aromatic N) is 2. The summed E-state index contributed by atoms with van der Waals surface area (Å²) in [6.07, 6.45) is 4.96. The second kappa shape index (κ2) is 5.75. The fraction of sp³-hybridized carbons (Fsp3) is 0.692. The first-order chi connectivity index (χ1) is 9.61. The summed E-state index contributed by atoms with van der Waals surface area (Å²) < 4.78 is 13.4. The molecular formula is C13H16BrClN2O3. The highest BCUT2D eigenvalue weighted by Crippen LogP contribution is 2.38. The molecule has 2 aliphatic rings. The molecule has 1 unspecified atom stereocenters. The fourth-order valence-corrected chi connectivity index (χ4v) is 3.45. The number of hydrogen-bond acceptors (Lipinski definition) is 4. The highest BCUT2D eigenvalue weighted by atomic mass is 79.9. The Labute approximate surface area is 130 Å². The topological polar surface area (TPSA) is 53.4 Å². The highest BCUT2D eigenvalue weighted by molar-refractivity contribution is 9.10. The van der Waals surface area contributed by atoms with Crippen molar-refractivity contribution in [3.8, 4) is 0 Å². The average Bonchev–Trinajstić information content (AvgIpc) is 2.46. The van der Waals surface area contributed by atoms with Gasteiger partial charge in [0.2, 0.25) is 0 Å². The molecule has 2 fully saturated rings. The monoisotopic (exact) mass is 362 g/mol. The van der Waals surface area contributed by atoms with Gasteiger partial charge in [-0.2, -0.15) is 0 Å². The fourth-order valence-electron chi connectivity index (χ4n) is 3.01. The summed E-state index contributed by atoms with van der Waals surface area (Å²) in [6, 6.07) is 0.107. The van der Waals surface area contributed by atoms with Crippen molar-refractivity contribution in [3.63, 3.8) is 0 Å². The lowest BCUT2D eigenvalue weighted by Crippen LogP contribution is -2.46. The van der Waals surface area contributed by atoms with Crippen LogP contribution in [0.5, 0.6) is 0 Å². The maximum Gasteiger partial charge on any atom is 0.269 e. The van der Waals surface area contributed by atoms with E-state index in [1.165, 1.54) is 0 Å². The Hall–Kier alpha value is -0.430. The Kier molecular flexibility index (Phi) is 4.17. The Morgan fingerprint density at radius 2 is 2.15 bits per heavy atom. The van der Waals surface area contributed by atoms with Crippen molar-refractivity contribution < 1.29 is 9.47 Å². The van der Waals surface area contributed by atoms with E-state index >= 15 is 0 Å². The van der Waals surface area contributed by atoms with Gasteiger partial charge in [0, 0.05) is 25.9 Å². The van der Waals surface area contributed by atoms with E-state index in [1.807, 2.05) is 0 Å². The van der Waals surface area contributed by atoms with Crippen molar-refractivity contribution in [1.29, 1.82) is 0 Å². The molecule has 1 atom stereocenters. The van der Waals surface area contributed by atoms with Crippen molar-refractivity contribution in [3.05, 3.63) is 26.3 Å². The lowest BCUT2D eigenvalue weighted by atomic mass is 9.84. The smallest absolute Gasteiger partial charge is 0.269 e. The molecule has 0 amide bonds. The van der Waals surface area contributed by atoms with E-state index in [-0.39, 0.29) is 22.4 Å². The van der Waals surface area contributed by atoms with Gasteiger partial charge in [0.15, 0.2) is 5.15 Å². The van der Waals surface area contributed by atoms with Gasteiger partial charge in [0.05, 0.1) is 11.9 Å². The molecule has 7 heteroatoms. The van der Waals surface area contributed by atoms with Gasteiger partial charge in [0.25, 0.3) is 5.56 Å². The summed E-state index contributed by atoms with van der Waals surface area (Å²) in [5.41, 5.74) is -0.272. The largest absolute Gasteiger partial charge is 0.381 e. The van der Waals surface area contributed by atoms with Crippen molar-refractivity contribution in [2.75, 3.05) is 19.8 Å². The van der Waals surface area contributed by atoms with Crippen molar-refractivity contribution in [1.82, 2.24) is 9.55 Å². The van der Waals surface area contributed by atoms with Gasteiger partial charge in [0.1, 0.15) is 4.47 Å². The number of hydrogen-bond donors (Lipinski definition) is 0. The normalized spacial score (nSPS) is 25.8. The van der Waals surface area contributed by atoms with E-state index in [1.54, 1.807) is 10.9 Å². The van der Waals surface area contributed by atoms with E-state index in [9.17, 15) is 4.79 Å². The van der Waals surface area contributed by atoms with E-state index < -0.39 is 0 Å². The third-order valence-electron chi connectivity index (χ3n) is 4.16. The van der Waals surface area contributed by atoms with Crippen LogP contribution in [0.1, 0.15) is 31.7 Å². The molecule has 2 saturated heterocycles. The summed E-state index contributed by atoms with van der Waals surface area (Å²) in [6.45, 7) is 2.12. The van der Waals surface area contributed by atoms with E-state index in [0.717, 1.165) is 38.9 Å². The minimum absolute atomic E-state index is 0.107. The second-order valence-electron chi connectivity index (χ2n) is 5.35. The van der Waals surface area contributed by atoms with Crippen molar-refractivity contribution in [2.24, 2.45) is 0 Å². The van der Waals surface area contributed by atoms with Crippen molar-refractivity contribution in [2.45, 2.75) is 37.3 Å². The first kappa shape index (κ1) is 14.5. The van der Waals surface area contributed by atoms with Crippen LogP contribution < -0.4 is 5.56 Å². The lowest BCUT2D eigenvalue weighted by molar-refractivity contribution is -0.144. The molecule has 3 heterocycles. The molecular weight excluding hydrogens is 348 g/mol. The van der Waals surface area contributed by atoms with Gasteiger partial charge in [-0.15, -0.1) is 0 Å². The Bertz CT molecular complexity index is 552. The zero-order valence-corrected chi connectivity index (χ0v) is 13.3. The van der Waals surface area contributed by atoms with Crippen LogP contribution in [-0.4, -0.2) is 35.0 Å². The number of halogens is 2. The molecule has 0 radical (unpaired) electrons. The van der Waals surface area contributed by atoms with Crippen LogP contribution in [-0.2, 0) is 9.47 Å². The molecule has 0 aliphatic carbocycles. The summed E-state index contributed by atoms with van der Waals surface area (Å²) in [7, 11) is 0. The van der Waals surface area contributed by atoms with E-state index in [4.69, 9.17) is 21.1 Å². The SMILES string of the molecule is O=c1c(Br)c(Cl)ncn1C1CCOC2(CCOCC2)C1. The summed E-state index contributed by atoms with van der Waals surface area (Å²) in [5, 5.41) is 0.207. The standard InChI is InChI=1S/C13H16BrClN2O3/c14-10-11(15)16-8-17(12(10)18)9-1-4-20-13(7-9)2-5-19-6-3-13/h8-9H,1-7H2. The molecule has 0 bridgehead atoms. The Balaban J connectivity index is 1.87. The van der Waals surface area contributed by atoms with Crippen LogP contribution in [0.2, 0.25) is 5.15 Å².